The number of nitrogens with one attached hydrogen (secondary N) is 1. The van der Waals surface area contributed by atoms with Crippen LogP contribution in [0.4, 0.5) is 5.69 Å². The van der Waals surface area contributed by atoms with Gasteiger partial charge in [-0.2, -0.15) is 0 Å². The molecule has 1 heterocycles. The van der Waals surface area contributed by atoms with Crippen LogP contribution in [0.1, 0.15) is 24.5 Å². The normalized spacial score (nSPS) is 14.4. The number of carbonyl (C=O) groups is 1. The molecule has 3 nitrogen and oxygen atoms in total. The molecule has 80 valence electrons. The minimum atomic E-state index is 0.0741. The zero-order valence-electron chi connectivity index (χ0n) is 9.09. The van der Waals surface area contributed by atoms with Crippen molar-refractivity contribution in [3.8, 4) is 5.75 Å². The molecular weight excluding hydrogens is 190 g/mol. The smallest absolute Gasteiger partial charge is 0.224 e. The first kappa shape index (κ1) is 10.0. The van der Waals surface area contributed by atoms with Gasteiger partial charge in [0, 0.05) is 6.42 Å². The van der Waals surface area contributed by atoms with E-state index in [2.05, 4.69) is 18.3 Å². The van der Waals surface area contributed by atoms with Crippen LogP contribution in [0.5, 0.6) is 5.75 Å². The van der Waals surface area contributed by atoms with Gasteiger partial charge in [0.2, 0.25) is 5.91 Å². The fourth-order valence-corrected chi connectivity index (χ4v) is 1.89. The van der Waals surface area contributed by atoms with Crippen LogP contribution in [0.2, 0.25) is 0 Å². The summed E-state index contributed by atoms with van der Waals surface area (Å²) in [6.07, 6.45) is 2.37. The minimum Gasteiger partial charge on any atom is -0.495 e. The van der Waals surface area contributed by atoms with E-state index in [0.29, 0.717) is 6.42 Å². The van der Waals surface area contributed by atoms with E-state index in [9.17, 15) is 4.79 Å². The molecule has 0 radical (unpaired) electrons. The van der Waals surface area contributed by atoms with Gasteiger partial charge in [-0.1, -0.05) is 13.0 Å². The van der Waals surface area contributed by atoms with Crippen LogP contribution in [0.3, 0.4) is 0 Å². The number of amides is 1. The van der Waals surface area contributed by atoms with E-state index in [1.165, 1.54) is 11.1 Å². The third kappa shape index (κ3) is 1.82. The third-order valence-electron chi connectivity index (χ3n) is 2.76. The van der Waals surface area contributed by atoms with Gasteiger partial charge < -0.3 is 10.1 Å². The van der Waals surface area contributed by atoms with Gasteiger partial charge in [0.1, 0.15) is 5.75 Å². The molecule has 1 aromatic carbocycles. The molecule has 3 heteroatoms. The Balaban J connectivity index is 2.49. The quantitative estimate of drug-likeness (QED) is 0.803. The molecule has 0 saturated carbocycles. The highest BCUT2D eigenvalue weighted by Gasteiger charge is 2.19. The Bertz CT molecular complexity index is 382. The fraction of sp³-hybridized carbons (Fsp3) is 0.417. The molecule has 0 fully saturated rings. The van der Waals surface area contributed by atoms with E-state index in [0.717, 1.165) is 24.3 Å². The second-order valence-corrected chi connectivity index (χ2v) is 3.73. The van der Waals surface area contributed by atoms with E-state index in [4.69, 9.17) is 4.74 Å². The van der Waals surface area contributed by atoms with Gasteiger partial charge in [-0.15, -0.1) is 0 Å². The van der Waals surface area contributed by atoms with Crippen LogP contribution < -0.4 is 10.1 Å². The topological polar surface area (TPSA) is 38.3 Å². The van der Waals surface area contributed by atoms with Gasteiger partial charge in [-0.25, -0.2) is 0 Å². The Morgan fingerprint density at radius 3 is 2.87 bits per heavy atom. The first-order chi connectivity index (χ1) is 7.24. The summed E-state index contributed by atoms with van der Waals surface area (Å²) in [6, 6.07) is 4.14. The van der Waals surface area contributed by atoms with Gasteiger partial charge in [0.15, 0.2) is 0 Å². The molecule has 1 aliphatic heterocycles. The molecule has 0 spiro atoms. The standard InChI is InChI=1S/C12H15NO2/c1-3-8-6-9-4-5-11(14)13-12(9)10(7-8)15-2/h6-7H,3-5H2,1-2H3,(H,13,14). The average molecular weight is 205 g/mol. The zero-order valence-corrected chi connectivity index (χ0v) is 9.09. The lowest BCUT2D eigenvalue weighted by Gasteiger charge is -2.20. The summed E-state index contributed by atoms with van der Waals surface area (Å²) in [7, 11) is 1.63. The van der Waals surface area contributed by atoms with Crippen LogP contribution in [-0.4, -0.2) is 13.0 Å². The minimum absolute atomic E-state index is 0.0741. The molecular formula is C12H15NO2. The molecule has 1 amide bonds. The van der Waals surface area contributed by atoms with E-state index in [1.54, 1.807) is 7.11 Å². The van der Waals surface area contributed by atoms with E-state index < -0.39 is 0 Å². The van der Waals surface area contributed by atoms with Crippen LogP contribution in [0, 0.1) is 0 Å². The van der Waals surface area contributed by atoms with Crippen LogP contribution >= 0.6 is 0 Å². The van der Waals surface area contributed by atoms with Crippen LogP contribution in [0.25, 0.3) is 0 Å². The van der Waals surface area contributed by atoms with Crippen molar-refractivity contribution < 1.29 is 9.53 Å². The molecule has 1 aliphatic rings. The molecule has 0 saturated heterocycles. The SMILES string of the molecule is CCc1cc2c(c(OC)c1)NC(=O)CC2. The number of carbonyl (C=O) groups excluding carboxylic acids is 1. The number of hydrogen-bond donors (Lipinski definition) is 1. The average Bonchev–Trinajstić information content (AvgIpc) is 2.27. The molecule has 0 bridgehead atoms. The number of methoxy groups -OCH3 is 1. The summed E-state index contributed by atoms with van der Waals surface area (Å²) in [4.78, 5) is 11.3. The summed E-state index contributed by atoms with van der Waals surface area (Å²) in [5.41, 5.74) is 3.29. The fourth-order valence-electron chi connectivity index (χ4n) is 1.89. The van der Waals surface area contributed by atoms with Crippen molar-refractivity contribution in [1.82, 2.24) is 0 Å². The van der Waals surface area contributed by atoms with E-state index >= 15 is 0 Å². The predicted molar refractivity (Wildman–Crippen MR) is 59.3 cm³/mol. The number of hydrogen-bond acceptors (Lipinski definition) is 2. The summed E-state index contributed by atoms with van der Waals surface area (Å²) in [5.74, 6) is 0.849. The number of fused-ring (bicyclic) bond motifs is 1. The highest BCUT2D eigenvalue weighted by atomic mass is 16.5. The number of rotatable bonds is 2. The van der Waals surface area contributed by atoms with Crippen molar-refractivity contribution in [2.45, 2.75) is 26.2 Å². The Kier molecular flexibility index (Phi) is 2.62. The highest BCUT2D eigenvalue weighted by Crippen LogP contribution is 2.33. The molecule has 2 rings (SSSR count). The monoisotopic (exact) mass is 205 g/mol. The first-order valence-electron chi connectivity index (χ1n) is 5.24. The Morgan fingerprint density at radius 1 is 1.40 bits per heavy atom. The Morgan fingerprint density at radius 2 is 2.20 bits per heavy atom. The van der Waals surface area contributed by atoms with Crippen molar-refractivity contribution >= 4 is 11.6 Å². The maximum absolute atomic E-state index is 11.3. The molecule has 0 aromatic heterocycles. The van der Waals surface area contributed by atoms with Gasteiger partial charge in [0.05, 0.1) is 12.8 Å². The number of benzene rings is 1. The lowest BCUT2D eigenvalue weighted by atomic mass is 9.98. The molecule has 0 aliphatic carbocycles. The molecule has 15 heavy (non-hydrogen) atoms. The summed E-state index contributed by atoms with van der Waals surface area (Å²) in [6.45, 7) is 2.11. The second kappa shape index (κ2) is 3.93. The Labute approximate surface area is 89.4 Å². The maximum atomic E-state index is 11.3. The summed E-state index contributed by atoms with van der Waals surface area (Å²) < 4.78 is 5.29. The largest absolute Gasteiger partial charge is 0.495 e. The summed E-state index contributed by atoms with van der Waals surface area (Å²) in [5, 5.41) is 2.87. The second-order valence-electron chi connectivity index (χ2n) is 3.73. The van der Waals surface area contributed by atoms with Crippen molar-refractivity contribution in [3.63, 3.8) is 0 Å². The van der Waals surface area contributed by atoms with Gasteiger partial charge >= 0.3 is 0 Å². The summed E-state index contributed by atoms with van der Waals surface area (Å²) >= 11 is 0. The predicted octanol–water partition coefficient (Wildman–Crippen LogP) is 2.14. The lowest BCUT2D eigenvalue weighted by molar-refractivity contribution is -0.116. The number of ether oxygens (including phenoxy) is 1. The van der Waals surface area contributed by atoms with E-state index in [1.807, 2.05) is 6.07 Å². The molecule has 0 atom stereocenters. The van der Waals surface area contributed by atoms with Gasteiger partial charge in [0.25, 0.3) is 0 Å². The van der Waals surface area contributed by atoms with Crippen molar-refractivity contribution in [2.75, 3.05) is 12.4 Å². The van der Waals surface area contributed by atoms with E-state index in [-0.39, 0.29) is 5.91 Å². The molecule has 0 unspecified atom stereocenters. The number of anilines is 1. The van der Waals surface area contributed by atoms with Gasteiger partial charge in [-0.3, -0.25) is 4.79 Å². The lowest BCUT2D eigenvalue weighted by Crippen LogP contribution is -2.19. The van der Waals surface area contributed by atoms with Gasteiger partial charge in [-0.05, 0) is 30.0 Å². The third-order valence-corrected chi connectivity index (χ3v) is 2.76. The van der Waals surface area contributed by atoms with Crippen molar-refractivity contribution in [3.05, 3.63) is 23.3 Å². The highest BCUT2D eigenvalue weighted by molar-refractivity contribution is 5.95. The Hall–Kier alpha value is -1.51. The maximum Gasteiger partial charge on any atom is 0.224 e. The zero-order chi connectivity index (χ0) is 10.8. The van der Waals surface area contributed by atoms with Crippen molar-refractivity contribution in [2.24, 2.45) is 0 Å². The van der Waals surface area contributed by atoms with Crippen LogP contribution in [0.15, 0.2) is 12.1 Å². The molecule has 1 aromatic rings. The van der Waals surface area contributed by atoms with Crippen molar-refractivity contribution in [1.29, 1.82) is 0 Å². The van der Waals surface area contributed by atoms with Crippen LogP contribution in [-0.2, 0) is 17.6 Å². The number of aryl methyl sites for hydroxylation is 2. The first-order valence-corrected chi connectivity index (χ1v) is 5.24. The molecule has 1 N–H and O–H groups in total.